The summed E-state index contributed by atoms with van der Waals surface area (Å²) >= 11 is 5.96. The third kappa shape index (κ3) is 4.00. The predicted octanol–water partition coefficient (Wildman–Crippen LogP) is 1.10. The third-order valence-corrected chi connectivity index (χ3v) is 2.87. The van der Waals surface area contributed by atoms with Gasteiger partial charge in [0.25, 0.3) is 0 Å². The Morgan fingerprint density at radius 2 is 2.12 bits per heavy atom. The molecule has 0 heterocycles. The molecule has 2 atom stereocenters. The van der Waals surface area contributed by atoms with Crippen molar-refractivity contribution in [3.63, 3.8) is 0 Å². The first-order valence-corrected chi connectivity index (χ1v) is 5.81. The van der Waals surface area contributed by atoms with Crippen LogP contribution in [0.1, 0.15) is 18.6 Å². The number of rotatable bonds is 5. The molecule has 1 amide bonds. The van der Waals surface area contributed by atoms with Crippen molar-refractivity contribution in [2.24, 2.45) is 0 Å². The van der Waals surface area contributed by atoms with Crippen LogP contribution in [-0.4, -0.2) is 30.6 Å². The lowest BCUT2D eigenvalue weighted by Crippen LogP contribution is -2.42. The minimum absolute atomic E-state index is 0.114. The van der Waals surface area contributed by atoms with Gasteiger partial charge in [-0.15, -0.1) is 0 Å². The highest BCUT2D eigenvalue weighted by Gasteiger charge is 2.15. The maximum atomic E-state index is 11.2. The summed E-state index contributed by atoms with van der Waals surface area (Å²) in [5.41, 5.74) is 0.658. The van der Waals surface area contributed by atoms with E-state index in [1.807, 2.05) is 6.07 Å². The van der Waals surface area contributed by atoms with Crippen LogP contribution in [0.25, 0.3) is 0 Å². The van der Waals surface area contributed by atoms with Gasteiger partial charge in [0, 0.05) is 24.2 Å². The van der Waals surface area contributed by atoms with Crippen LogP contribution in [0.3, 0.4) is 0 Å². The van der Waals surface area contributed by atoms with Crippen molar-refractivity contribution in [1.82, 2.24) is 10.6 Å². The van der Waals surface area contributed by atoms with Crippen molar-refractivity contribution in [2.45, 2.75) is 19.1 Å². The third-order valence-electron chi connectivity index (χ3n) is 2.52. The number of amides is 1. The summed E-state index contributed by atoms with van der Waals surface area (Å²) in [5, 5.41) is 15.9. The van der Waals surface area contributed by atoms with Crippen LogP contribution < -0.4 is 10.6 Å². The number of nitrogens with one attached hydrogen (secondary N) is 2. The summed E-state index contributed by atoms with van der Waals surface area (Å²) in [5.74, 6) is -0.114. The second-order valence-electron chi connectivity index (χ2n) is 3.78. The number of carbonyl (C=O) groups is 1. The van der Waals surface area contributed by atoms with Crippen molar-refractivity contribution in [2.75, 3.05) is 13.6 Å². The van der Waals surface area contributed by atoms with Gasteiger partial charge in [-0.25, -0.2) is 0 Å². The van der Waals surface area contributed by atoms with Gasteiger partial charge in [0.1, 0.15) is 0 Å². The van der Waals surface area contributed by atoms with Gasteiger partial charge in [-0.05, 0) is 13.0 Å². The van der Waals surface area contributed by atoms with E-state index in [0.29, 0.717) is 10.6 Å². The number of benzene rings is 1. The Kier molecular flexibility index (Phi) is 5.41. The fraction of sp³-hybridized carbons (Fsp3) is 0.417. The van der Waals surface area contributed by atoms with E-state index in [4.69, 9.17) is 11.6 Å². The number of aliphatic hydroxyl groups excluding tert-OH is 1. The van der Waals surface area contributed by atoms with E-state index >= 15 is 0 Å². The molecule has 0 saturated carbocycles. The Morgan fingerprint density at radius 3 is 2.71 bits per heavy atom. The molecule has 0 fully saturated rings. The SMILES string of the molecule is CNC(=O)C(C)NCC(O)c1ccccc1Cl. The van der Waals surface area contributed by atoms with E-state index in [1.165, 1.54) is 0 Å². The highest BCUT2D eigenvalue weighted by atomic mass is 35.5. The van der Waals surface area contributed by atoms with Crippen LogP contribution in [0.2, 0.25) is 5.02 Å². The van der Waals surface area contributed by atoms with E-state index in [9.17, 15) is 9.90 Å². The maximum absolute atomic E-state index is 11.2. The number of halogens is 1. The molecule has 1 aromatic carbocycles. The van der Waals surface area contributed by atoms with Gasteiger partial charge < -0.3 is 15.7 Å². The van der Waals surface area contributed by atoms with Gasteiger partial charge in [-0.2, -0.15) is 0 Å². The van der Waals surface area contributed by atoms with Crippen molar-refractivity contribution < 1.29 is 9.90 Å². The standard InChI is InChI=1S/C12H17ClN2O2/c1-8(12(17)14-2)15-7-11(16)9-5-3-4-6-10(9)13/h3-6,8,11,15-16H,7H2,1-2H3,(H,14,17). The highest BCUT2D eigenvalue weighted by Crippen LogP contribution is 2.21. The van der Waals surface area contributed by atoms with Crippen LogP contribution in [-0.2, 0) is 4.79 Å². The van der Waals surface area contributed by atoms with Gasteiger partial charge in [0.2, 0.25) is 5.91 Å². The molecule has 0 radical (unpaired) electrons. The Bertz CT molecular complexity index is 385. The summed E-state index contributed by atoms with van der Waals surface area (Å²) in [6.45, 7) is 2.01. The zero-order chi connectivity index (χ0) is 12.8. The normalized spacial score (nSPS) is 14.1. The average molecular weight is 257 g/mol. The Hall–Kier alpha value is -1.10. The van der Waals surface area contributed by atoms with E-state index in [1.54, 1.807) is 32.2 Å². The first-order valence-electron chi connectivity index (χ1n) is 5.43. The predicted molar refractivity (Wildman–Crippen MR) is 67.9 cm³/mol. The van der Waals surface area contributed by atoms with Gasteiger partial charge in [-0.1, -0.05) is 29.8 Å². The molecule has 5 heteroatoms. The summed E-state index contributed by atoms with van der Waals surface area (Å²) in [7, 11) is 1.57. The first-order chi connectivity index (χ1) is 8.06. The summed E-state index contributed by atoms with van der Waals surface area (Å²) < 4.78 is 0. The summed E-state index contributed by atoms with van der Waals surface area (Å²) in [6, 6.07) is 6.75. The van der Waals surface area contributed by atoms with Crippen molar-refractivity contribution >= 4 is 17.5 Å². The molecular weight excluding hydrogens is 240 g/mol. The molecule has 0 bridgehead atoms. The van der Waals surface area contributed by atoms with Gasteiger partial charge >= 0.3 is 0 Å². The lowest BCUT2D eigenvalue weighted by Gasteiger charge is -2.17. The van der Waals surface area contributed by atoms with Crippen LogP contribution in [0, 0.1) is 0 Å². The fourth-order valence-electron chi connectivity index (χ4n) is 1.45. The Balaban J connectivity index is 2.53. The molecule has 0 aliphatic carbocycles. The number of likely N-dealkylation sites (N-methyl/N-ethyl adjacent to an activating group) is 1. The molecule has 0 saturated heterocycles. The van der Waals surface area contributed by atoms with Gasteiger partial charge in [0.15, 0.2) is 0 Å². The molecule has 94 valence electrons. The maximum Gasteiger partial charge on any atom is 0.236 e. The molecule has 0 aliphatic heterocycles. The summed E-state index contributed by atoms with van der Waals surface area (Å²) in [6.07, 6.45) is -0.726. The first kappa shape index (κ1) is 14.0. The quantitative estimate of drug-likeness (QED) is 0.739. The Morgan fingerprint density at radius 1 is 1.47 bits per heavy atom. The Labute approximate surface area is 106 Å². The minimum atomic E-state index is -0.726. The lowest BCUT2D eigenvalue weighted by molar-refractivity contribution is -0.122. The number of hydrogen-bond donors (Lipinski definition) is 3. The molecule has 0 aliphatic rings. The van der Waals surface area contributed by atoms with E-state index in [0.717, 1.165) is 0 Å². The minimum Gasteiger partial charge on any atom is -0.387 e. The molecule has 4 nitrogen and oxygen atoms in total. The molecule has 0 aromatic heterocycles. The zero-order valence-electron chi connectivity index (χ0n) is 9.90. The van der Waals surface area contributed by atoms with Crippen molar-refractivity contribution in [1.29, 1.82) is 0 Å². The second kappa shape index (κ2) is 6.59. The number of hydrogen-bond acceptors (Lipinski definition) is 3. The fourth-order valence-corrected chi connectivity index (χ4v) is 1.71. The zero-order valence-corrected chi connectivity index (χ0v) is 10.7. The van der Waals surface area contributed by atoms with Gasteiger partial charge in [0.05, 0.1) is 12.1 Å². The van der Waals surface area contributed by atoms with Crippen LogP contribution in [0.4, 0.5) is 0 Å². The number of carbonyl (C=O) groups excluding carboxylic acids is 1. The topological polar surface area (TPSA) is 61.4 Å². The molecule has 0 spiro atoms. The number of aliphatic hydroxyl groups is 1. The van der Waals surface area contributed by atoms with E-state index in [-0.39, 0.29) is 18.5 Å². The van der Waals surface area contributed by atoms with Crippen LogP contribution in [0.15, 0.2) is 24.3 Å². The van der Waals surface area contributed by atoms with E-state index < -0.39 is 6.10 Å². The molecule has 17 heavy (non-hydrogen) atoms. The van der Waals surface area contributed by atoms with Crippen LogP contribution >= 0.6 is 11.6 Å². The average Bonchev–Trinajstić information content (AvgIpc) is 2.35. The highest BCUT2D eigenvalue weighted by molar-refractivity contribution is 6.31. The molecule has 2 unspecified atom stereocenters. The van der Waals surface area contributed by atoms with Gasteiger partial charge in [-0.3, -0.25) is 4.79 Å². The van der Waals surface area contributed by atoms with Crippen LogP contribution in [0.5, 0.6) is 0 Å². The smallest absolute Gasteiger partial charge is 0.236 e. The van der Waals surface area contributed by atoms with Crippen molar-refractivity contribution in [3.05, 3.63) is 34.9 Å². The molecular formula is C12H17ClN2O2. The van der Waals surface area contributed by atoms with Crippen molar-refractivity contribution in [3.8, 4) is 0 Å². The molecule has 1 rings (SSSR count). The molecule has 3 N–H and O–H groups in total. The summed E-state index contributed by atoms with van der Waals surface area (Å²) in [4.78, 5) is 11.2. The second-order valence-corrected chi connectivity index (χ2v) is 4.19. The lowest BCUT2D eigenvalue weighted by atomic mass is 10.1. The molecule has 1 aromatic rings. The van der Waals surface area contributed by atoms with E-state index in [2.05, 4.69) is 10.6 Å². The monoisotopic (exact) mass is 256 g/mol. The largest absolute Gasteiger partial charge is 0.387 e.